The van der Waals surface area contributed by atoms with E-state index in [1.54, 1.807) is 30.4 Å². The molecule has 3 nitrogen and oxygen atoms in total. The lowest BCUT2D eigenvalue weighted by Gasteiger charge is -2.10. The molecule has 0 aliphatic heterocycles. The van der Waals surface area contributed by atoms with Crippen molar-refractivity contribution in [1.82, 2.24) is 4.98 Å². The summed E-state index contributed by atoms with van der Waals surface area (Å²) in [7, 11) is 0. The molecule has 20 heavy (non-hydrogen) atoms. The van der Waals surface area contributed by atoms with Crippen LogP contribution in [-0.4, -0.2) is 10.1 Å². The predicted molar refractivity (Wildman–Crippen MR) is 82.5 cm³/mol. The monoisotopic (exact) mass is 311 g/mol. The van der Waals surface area contributed by atoms with Gasteiger partial charge >= 0.3 is 0 Å². The number of aryl methyl sites for hydroxylation is 1. The number of rotatable bonds is 6. The zero-order valence-corrected chi connectivity index (χ0v) is 13.2. The fourth-order valence-electron chi connectivity index (χ4n) is 1.79. The highest BCUT2D eigenvalue weighted by Crippen LogP contribution is 2.28. The second-order valence-corrected chi connectivity index (χ2v) is 5.99. The van der Waals surface area contributed by atoms with Crippen LogP contribution in [0.4, 0.5) is 0 Å². The van der Waals surface area contributed by atoms with Gasteiger partial charge in [-0.25, -0.2) is 4.98 Å². The Morgan fingerprint density at radius 3 is 2.90 bits per heavy atom. The van der Waals surface area contributed by atoms with Gasteiger partial charge in [0.2, 0.25) is 0 Å². The van der Waals surface area contributed by atoms with Crippen LogP contribution in [0.2, 0.25) is 5.02 Å². The van der Waals surface area contributed by atoms with E-state index >= 15 is 0 Å². The molecule has 0 aliphatic carbocycles. The number of aliphatic hydroxyl groups is 1. The minimum Gasteiger partial charge on any atom is -0.486 e. The van der Waals surface area contributed by atoms with Crippen molar-refractivity contribution in [3.05, 3.63) is 44.9 Å². The molecule has 1 aromatic carbocycles. The van der Waals surface area contributed by atoms with Gasteiger partial charge in [0.05, 0.1) is 21.8 Å². The second-order valence-electron chi connectivity index (χ2n) is 4.64. The lowest BCUT2D eigenvalue weighted by atomic mass is 10.1. The van der Waals surface area contributed by atoms with Crippen molar-refractivity contribution in [3.63, 3.8) is 0 Å². The number of thiazole rings is 1. The average Bonchev–Trinajstić information content (AvgIpc) is 2.85. The van der Waals surface area contributed by atoms with E-state index in [2.05, 4.69) is 11.9 Å². The first-order valence-electron chi connectivity index (χ1n) is 6.63. The van der Waals surface area contributed by atoms with Crippen LogP contribution in [0.3, 0.4) is 0 Å². The quantitative estimate of drug-likeness (QED) is 0.860. The zero-order chi connectivity index (χ0) is 14.5. The summed E-state index contributed by atoms with van der Waals surface area (Å²) in [6, 6.07) is 5.32. The van der Waals surface area contributed by atoms with Crippen LogP contribution in [0.15, 0.2) is 23.6 Å². The zero-order valence-electron chi connectivity index (χ0n) is 11.6. The highest BCUT2D eigenvalue weighted by molar-refractivity contribution is 7.09. The standard InChI is InChI=1S/C15H18ClNO2S/c1-3-4-15-17-12(9-20-15)8-19-14-6-5-11(10(2)18)7-13(14)16/h5-7,9-10,18H,3-4,8H2,1-2H3. The van der Waals surface area contributed by atoms with Gasteiger partial charge in [-0.05, 0) is 37.5 Å². The molecule has 1 N–H and O–H groups in total. The van der Waals surface area contributed by atoms with E-state index in [4.69, 9.17) is 16.3 Å². The molecule has 0 aliphatic rings. The van der Waals surface area contributed by atoms with Crippen LogP contribution in [0.25, 0.3) is 0 Å². The minimum atomic E-state index is -0.531. The molecule has 1 heterocycles. The Hall–Kier alpha value is -1.10. The van der Waals surface area contributed by atoms with Crippen LogP contribution in [0, 0.1) is 0 Å². The molecule has 5 heteroatoms. The first-order valence-corrected chi connectivity index (χ1v) is 7.89. The van der Waals surface area contributed by atoms with Gasteiger partial charge in [0.1, 0.15) is 12.4 Å². The lowest BCUT2D eigenvalue weighted by Crippen LogP contribution is -1.98. The van der Waals surface area contributed by atoms with Crippen LogP contribution < -0.4 is 4.74 Å². The predicted octanol–water partition coefficient (Wildman–Crippen LogP) is 4.38. The number of halogens is 1. The van der Waals surface area contributed by atoms with E-state index in [0.717, 1.165) is 29.1 Å². The highest BCUT2D eigenvalue weighted by atomic mass is 35.5. The Labute approximate surface area is 128 Å². The van der Waals surface area contributed by atoms with Crippen molar-refractivity contribution in [2.24, 2.45) is 0 Å². The van der Waals surface area contributed by atoms with Gasteiger partial charge in [-0.1, -0.05) is 24.6 Å². The molecule has 0 spiro atoms. The van der Waals surface area contributed by atoms with E-state index in [9.17, 15) is 5.11 Å². The van der Waals surface area contributed by atoms with Gasteiger partial charge in [-0.15, -0.1) is 11.3 Å². The molecular formula is C15H18ClNO2S. The molecule has 0 saturated carbocycles. The first kappa shape index (κ1) is 15.3. The number of ether oxygens (including phenoxy) is 1. The molecule has 0 fully saturated rings. The third kappa shape index (κ3) is 3.95. The van der Waals surface area contributed by atoms with Gasteiger partial charge in [-0.2, -0.15) is 0 Å². The summed E-state index contributed by atoms with van der Waals surface area (Å²) in [6.45, 7) is 4.26. The molecule has 1 atom stereocenters. The average molecular weight is 312 g/mol. The fraction of sp³-hybridized carbons (Fsp3) is 0.400. The molecule has 2 rings (SSSR count). The van der Waals surface area contributed by atoms with Crippen molar-refractivity contribution in [2.45, 2.75) is 39.4 Å². The Morgan fingerprint density at radius 1 is 1.45 bits per heavy atom. The molecule has 1 unspecified atom stereocenters. The van der Waals surface area contributed by atoms with E-state index in [1.165, 1.54) is 0 Å². The van der Waals surface area contributed by atoms with E-state index in [1.807, 2.05) is 11.4 Å². The Balaban J connectivity index is 1.99. The third-order valence-electron chi connectivity index (χ3n) is 2.88. The van der Waals surface area contributed by atoms with Gasteiger partial charge in [0.25, 0.3) is 0 Å². The van der Waals surface area contributed by atoms with E-state index in [0.29, 0.717) is 17.4 Å². The van der Waals surface area contributed by atoms with Crippen molar-refractivity contribution < 1.29 is 9.84 Å². The Kier molecular flexibility index (Phi) is 5.40. The lowest BCUT2D eigenvalue weighted by molar-refractivity contribution is 0.199. The van der Waals surface area contributed by atoms with Gasteiger partial charge in [0, 0.05) is 5.38 Å². The summed E-state index contributed by atoms with van der Waals surface area (Å²) in [4.78, 5) is 4.50. The molecular weight excluding hydrogens is 294 g/mol. The Morgan fingerprint density at radius 2 is 2.25 bits per heavy atom. The van der Waals surface area contributed by atoms with Crippen molar-refractivity contribution >= 4 is 22.9 Å². The smallest absolute Gasteiger partial charge is 0.138 e. The summed E-state index contributed by atoms with van der Waals surface area (Å²) in [6.07, 6.45) is 1.58. The van der Waals surface area contributed by atoms with Crippen LogP contribution in [0.1, 0.15) is 42.6 Å². The van der Waals surface area contributed by atoms with Crippen LogP contribution >= 0.6 is 22.9 Å². The second kappa shape index (κ2) is 7.07. The Bertz CT molecular complexity index is 569. The maximum atomic E-state index is 9.49. The van der Waals surface area contributed by atoms with E-state index in [-0.39, 0.29) is 0 Å². The van der Waals surface area contributed by atoms with E-state index < -0.39 is 6.10 Å². The number of aromatic nitrogens is 1. The summed E-state index contributed by atoms with van der Waals surface area (Å²) in [5.74, 6) is 0.612. The van der Waals surface area contributed by atoms with Gasteiger partial charge < -0.3 is 9.84 Å². The molecule has 0 saturated heterocycles. The van der Waals surface area contributed by atoms with Crippen molar-refractivity contribution in [1.29, 1.82) is 0 Å². The number of nitrogens with zero attached hydrogens (tertiary/aromatic N) is 1. The highest BCUT2D eigenvalue weighted by Gasteiger charge is 2.08. The van der Waals surface area contributed by atoms with Gasteiger partial charge in [-0.3, -0.25) is 0 Å². The summed E-state index contributed by atoms with van der Waals surface area (Å²) < 4.78 is 5.68. The third-order valence-corrected chi connectivity index (χ3v) is 4.13. The maximum absolute atomic E-state index is 9.49. The summed E-state index contributed by atoms with van der Waals surface area (Å²) in [5, 5.41) is 13.2. The molecule has 0 bridgehead atoms. The normalized spacial score (nSPS) is 12.4. The SMILES string of the molecule is CCCc1nc(COc2ccc(C(C)O)cc2Cl)cs1. The molecule has 0 radical (unpaired) electrons. The summed E-state index contributed by atoms with van der Waals surface area (Å²) in [5.41, 5.74) is 1.70. The number of hydrogen-bond acceptors (Lipinski definition) is 4. The van der Waals surface area contributed by atoms with Crippen molar-refractivity contribution in [2.75, 3.05) is 0 Å². The van der Waals surface area contributed by atoms with Gasteiger partial charge in [0.15, 0.2) is 0 Å². The number of benzene rings is 1. The maximum Gasteiger partial charge on any atom is 0.138 e. The molecule has 1 aromatic heterocycles. The van der Waals surface area contributed by atoms with Crippen molar-refractivity contribution in [3.8, 4) is 5.75 Å². The largest absolute Gasteiger partial charge is 0.486 e. The molecule has 0 amide bonds. The summed E-state index contributed by atoms with van der Waals surface area (Å²) >= 11 is 7.80. The first-order chi connectivity index (χ1) is 9.60. The topological polar surface area (TPSA) is 42.4 Å². The fourth-order valence-corrected chi connectivity index (χ4v) is 2.92. The van der Waals surface area contributed by atoms with Crippen LogP contribution in [-0.2, 0) is 13.0 Å². The minimum absolute atomic E-state index is 0.411. The molecule has 108 valence electrons. The number of hydrogen-bond donors (Lipinski definition) is 1. The molecule has 2 aromatic rings. The van der Waals surface area contributed by atoms with Crippen LogP contribution in [0.5, 0.6) is 5.75 Å². The number of aliphatic hydroxyl groups excluding tert-OH is 1.